The van der Waals surface area contributed by atoms with Crippen LogP contribution in [0.15, 0.2) is 11.6 Å². The van der Waals surface area contributed by atoms with Gasteiger partial charge in [0.2, 0.25) is 5.91 Å². The Hall–Kier alpha value is -0.940. The van der Waals surface area contributed by atoms with E-state index in [9.17, 15) is 4.79 Å². The Bertz CT molecular complexity index is 353. The summed E-state index contributed by atoms with van der Waals surface area (Å²) in [5, 5.41) is 9.60. The maximum absolute atomic E-state index is 11.5. The minimum absolute atomic E-state index is 0.161. The van der Waals surface area contributed by atoms with Crippen LogP contribution < -0.4 is 10.6 Å². The Morgan fingerprint density at radius 1 is 1.71 bits per heavy atom. The first-order valence-electron chi connectivity index (χ1n) is 6.21. The van der Waals surface area contributed by atoms with Crippen LogP contribution in [0.25, 0.3) is 0 Å². The summed E-state index contributed by atoms with van der Waals surface area (Å²) in [6, 6.07) is 0.567. The van der Waals surface area contributed by atoms with E-state index >= 15 is 0 Å². The molecule has 0 aromatic carbocycles. The first-order chi connectivity index (χ1) is 8.29. The number of amides is 1. The monoisotopic (exact) mass is 253 g/mol. The van der Waals surface area contributed by atoms with Crippen LogP contribution in [-0.2, 0) is 4.79 Å². The highest BCUT2D eigenvalue weighted by Gasteiger charge is 2.21. The van der Waals surface area contributed by atoms with Gasteiger partial charge in [0.25, 0.3) is 0 Å². The summed E-state index contributed by atoms with van der Waals surface area (Å²) >= 11 is 1.68. The summed E-state index contributed by atoms with van der Waals surface area (Å²) in [4.78, 5) is 15.8. The van der Waals surface area contributed by atoms with E-state index in [4.69, 9.17) is 0 Å². The van der Waals surface area contributed by atoms with Crippen LogP contribution in [0, 0.1) is 0 Å². The van der Waals surface area contributed by atoms with Gasteiger partial charge in [0, 0.05) is 30.6 Å². The largest absolute Gasteiger partial charge is 0.356 e. The van der Waals surface area contributed by atoms with E-state index in [2.05, 4.69) is 22.5 Å². The molecule has 1 amide bonds. The second kappa shape index (κ2) is 6.12. The Labute approximate surface area is 106 Å². The molecule has 1 aromatic rings. The van der Waals surface area contributed by atoms with E-state index in [0.717, 1.165) is 30.8 Å². The fraction of sp³-hybridized carbons (Fsp3) is 0.667. The van der Waals surface area contributed by atoms with Gasteiger partial charge in [0.1, 0.15) is 5.01 Å². The molecule has 0 radical (unpaired) electrons. The average molecular weight is 253 g/mol. The number of thiazole rings is 1. The second-order valence-corrected chi connectivity index (χ2v) is 5.32. The Balaban J connectivity index is 1.95. The molecule has 4 nitrogen and oxygen atoms in total. The number of aromatic nitrogens is 1. The number of hydrogen-bond donors (Lipinski definition) is 2. The maximum atomic E-state index is 11.5. The minimum atomic E-state index is 0.161. The molecular weight excluding hydrogens is 234 g/mol. The van der Waals surface area contributed by atoms with Crippen LogP contribution in [0.1, 0.15) is 43.7 Å². The van der Waals surface area contributed by atoms with Crippen LogP contribution in [0.4, 0.5) is 0 Å². The smallest absolute Gasteiger partial charge is 0.221 e. The molecule has 1 aliphatic heterocycles. The lowest BCUT2D eigenvalue weighted by Gasteiger charge is -2.21. The van der Waals surface area contributed by atoms with Gasteiger partial charge in [-0.05, 0) is 19.3 Å². The molecule has 2 unspecified atom stereocenters. The fourth-order valence-corrected chi connectivity index (χ4v) is 2.95. The summed E-state index contributed by atoms with van der Waals surface area (Å²) in [5.74, 6) is 0.161. The van der Waals surface area contributed by atoms with Gasteiger partial charge in [-0.2, -0.15) is 0 Å². The summed E-state index contributed by atoms with van der Waals surface area (Å²) in [6.07, 6.45) is 5.54. The number of hydrogen-bond acceptors (Lipinski definition) is 4. The highest BCUT2D eigenvalue weighted by Crippen LogP contribution is 2.21. The van der Waals surface area contributed by atoms with Crippen molar-refractivity contribution in [3.05, 3.63) is 16.6 Å². The predicted molar refractivity (Wildman–Crippen MR) is 68.9 cm³/mol. The SMILES string of the molecule is CCC(NC1CCCNC(=O)C1)c1nccs1. The van der Waals surface area contributed by atoms with E-state index in [1.165, 1.54) is 0 Å². The zero-order valence-corrected chi connectivity index (χ0v) is 10.9. The molecule has 17 heavy (non-hydrogen) atoms. The molecule has 1 saturated heterocycles. The Morgan fingerprint density at radius 3 is 3.29 bits per heavy atom. The van der Waals surface area contributed by atoms with Gasteiger partial charge in [0.05, 0.1) is 6.04 Å². The molecule has 2 atom stereocenters. The van der Waals surface area contributed by atoms with Gasteiger partial charge >= 0.3 is 0 Å². The van der Waals surface area contributed by atoms with Crippen molar-refractivity contribution < 1.29 is 4.79 Å². The van der Waals surface area contributed by atoms with E-state index in [0.29, 0.717) is 6.42 Å². The maximum Gasteiger partial charge on any atom is 0.221 e. The van der Waals surface area contributed by atoms with Gasteiger partial charge in [0.15, 0.2) is 0 Å². The molecule has 5 heteroatoms. The molecule has 1 aromatic heterocycles. The molecule has 0 aliphatic carbocycles. The van der Waals surface area contributed by atoms with Crippen LogP contribution in [0.5, 0.6) is 0 Å². The zero-order chi connectivity index (χ0) is 12.1. The van der Waals surface area contributed by atoms with Crippen molar-refractivity contribution >= 4 is 17.2 Å². The lowest BCUT2D eigenvalue weighted by Crippen LogP contribution is -2.35. The summed E-state index contributed by atoms with van der Waals surface area (Å²) in [7, 11) is 0. The van der Waals surface area contributed by atoms with Crippen molar-refractivity contribution in [2.75, 3.05) is 6.54 Å². The Morgan fingerprint density at radius 2 is 2.59 bits per heavy atom. The minimum Gasteiger partial charge on any atom is -0.356 e. The third-order valence-electron chi connectivity index (χ3n) is 3.08. The van der Waals surface area contributed by atoms with E-state index in [1.54, 1.807) is 11.3 Å². The number of carbonyl (C=O) groups excluding carboxylic acids is 1. The normalized spacial score (nSPS) is 22.9. The lowest BCUT2D eigenvalue weighted by atomic mass is 10.1. The van der Waals surface area contributed by atoms with Crippen LogP contribution in [0.2, 0.25) is 0 Å². The molecule has 94 valence electrons. The van der Waals surface area contributed by atoms with Crippen molar-refractivity contribution in [1.82, 2.24) is 15.6 Å². The Kier molecular flexibility index (Phi) is 4.50. The fourth-order valence-electron chi connectivity index (χ4n) is 2.17. The number of rotatable bonds is 4. The third-order valence-corrected chi connectivity index (χ3v) is 3.97. The van der Waals surface area contributed by atoms with E-state index in [1.807, 2.05) is 11.6 Å². The van der Waals surface area contributed by atoms with Crippen molar-refractivity contribution in [1.29, 1.82) is 0 Å². The first kappa shape index (κ1) is 12.5. The molecular formula is C12H19N3OS. The second-order valence-electron chi connectivity index (χ2n) is 4.39. The van der Waals surface area contributed by atoms with Crippen molar-refractivity contribution in [3.63, 3.8) is 0 Å². The highest BCUT2D eigenvalue weighted by atomic mass is 32.1. The molecule has 0 bridgehead atoms. The van der Waals surface area contributed by atoms with Gasteiger partial charge in [-0.25, -0.2) is 4.98 Å². The third kappa shape index (κ3) is 3.51. The van der Waals surface area contributed by atoms with E-state index in [-0.39, 0.29) is 18.0 Å². The summed E-state index contributed by atoms with van der Waals surface area (Å²) in [6.45, 7) is 2.96. The first-order valence-corrected chi connectivity index (χ1v) is 7.09. The summed E-state index contributed by atoms with van der Waals surface area (Å²) < 4.78 is 0. The number of nitrogens with one attached hydrogen (secondary N) is 2. The standard InChI is InChI=1S/C12H19N3OS/c1-2-10(12-14-6-7-17-12)15-9-4-3-5-13-11(16)8-9/h6-7,9-10,15H,2-5,8H2,1H3,(H,13,16). The zero-order valence-electron chi connectivity index (χ0n) is 10.1. The molecule has 1 aliphatic rings. The number of nitrogens with zero attached hydrogens (tertiary/aromatic N) is 1. The lowest BCUT2D eigenvalue weighted by molar-refractivity contribution is -0.121. The highest BCUT2D eigenvalue weighted by molar-refractivity contribution is 7.09. The van der Waals surface area contributed by atoms with Crippen molar-refractivity contribution in [2.24, 2.45) is 0 Å². The molecule has 2 N–H and O–H groups in total. The van der Waals surface area contributed by atoms with Crippen LogP contribution in [0.3, 0.4) is 0 Å². The molecule has 0 spiro atoms. The molecule has 2 heterocycles. The quantitative estimate of drug-likeness (QED) is 0.861. The van der Waals surface area contributed by atoms with Gasteiger partial charge in [-0.3, -0.25) is 4.79 Å². The molecule has 0 saturated carbocycles. The summed E-state index contributed by atoms with van der Waals surface area (Å²) in [5.41, 5.74) is 0. The average Bonchev–Trinajstić information content (AvgIpc) is 2.77. The molecule has 1 fully saturated rings. The van der Waals surface area contributed by atoms with E-state index < -0.39 is 0 Å². The van der Waals surface area contributed by atoms with Crippen molar-refractivity contribution in [3.8, 4) is 0 Å². The predicted octanol–water partition coefficient (Wildman–Crippen LogP) is 1.85. The van der Waals surface area contributed by atoms with Gasteiger partial charge in [-0.1, -0.05) is 6.92 Å². The van der Waals surface area contributed by atoms with Crippen LogP contribution >= 0.6 is 11.3 Å². The van der Waals surface area contributed by atoms with Crippen molar-refractivity contribution in [2.45, 2.75) is 44.7 Å². The number of carbonyl (C=O) groups is 1. The molecule has 2 rings (SSSR count). The van der Waals surface area contributed by atoms with Gasteiger partial charge in [-0.15, -0.1) is 11.3 Å². The van der Waals surface area contributed by atoms with Crippen LogP contribution in [-0.4, -0.2) is 23.5 Å². The van der Waals surface area contributed by atoms with Gasteiger partial charge < -0.3 is 10.6 Å². The topological polar surface area (TPSA) is 54.0 Å².